The number of nitrogens with zero attached hydrogens (tertiary/aromatic N) is 2. The van der Waals surface area contributed by atoms with E-state index in [9.17, 15) is 4.79 Å². The second-order valence-electron chi connectivity index (χ2n) is 4.94. The van der Waals surface area contributed by atoms with Gasteiger partial charge in [-0.2, -0.15) is 0 Å². The maximum atomic E-state index is 11.9. The van der Waals surface area contributed by atoms with Crippen molar-refractivity contribution in [1.29, 1.82) is 0 Å². The number of hydrogen-bond donors (Lipinski definition) is 2. The van der Waals surface area contributed by atoms with E-state index in [1.165, 1.54) is 0 Å². The van der Waals surface area contributed by atoms with Gasteiger partial charge < -0.3 is 15.5 Å². The van der Waals surface area contributed by atoms with E-state index < -0.39 is 0 Å². The normalized spacial score (nSPS) is 12.3. The predicted molar refractivity (Wildman–Crippen MR) is 78.5 cm³/mol. The van der Waals surface area contributed by atoms with Crippen molar-refractivity contribution < 1.29 is 4.79 Å². The van der Waals surface area contributed by atoms with Crippen LogP contribution in [0.1, 0.15) is 30.6 Å². The number of carbonyl (C=O) groups excluding carboxylic acids is 1. The summed E-state index contributed by atoms with van der Waals surface area (Å²) in [5.74, 6) is 0.726. The minimum absolute atomic E-state index is 0.0679. The zero-order chi connectivity index (χ0) is 14.3. The van der Waals surface area contributed by atoms with Crippen LogP contribution in [0.4, 0.5) is 5.82 Å². The summed E-state index contributed by atoms with van der Waals surface area (Å²) < 4.78 is 0. The van der Waals surface area contributed by atoms with Crippen LogP contribution in [0.25, 0.3) is 0 Å². The lowest BCUT2D eigenvalue weighted by Gasteiger charge is -2.12. The van der Waals surface area contributed by atoms with Gasteiger partial charge in [0.2, 0.25) is 0 Å². The number of amides is 1. The van der Waals surface area contributed by atoms with Crippen LogP contribution in [0.5, 0.6) is 0 Å². The first-order valence-electron chi connectivity index (χ1n) is 6.68. The van der Waals surface area contributed by atoms with Gasteiger partial charge in [-0.1, -0.05) is 6.92 Å². The molecule has 0 aliphatic heterocycles. The molecule has 1 rings (SSSR count). The molecule has 1 aromatic rings. The Balaban J connectivity index is 2.49. The number of hydrogen-bond acceptors (Lipinski definition) is 4. The molecule has 0 aliphatic carbocycles. The Hall–Kier alpha value is -1.62. The lowest BCUT2D eigenvalue weighted by molar-refractivity contribution is 0.0939. The lowest BCUT2D eigenvalue weighted by atomic mass is 10.2. The van der Waals surface area contributed by atoms with Crippen molar-refractivity contribution in [3.63, 3.8) is 0 Å². The third-order valence-corrected chi connectivity index (χ3v) is 2.88. The SMILES string of the molecule is CCC(C)NC(=O)c1ccc(NCCN(C)C)nc1. The Kier molecular flexibility index (Phi) is 6.29. The van der Waals surface area contributed by atoms with Crippen LogP contribution in [0.2, 0.25) is 0 Å². The Labute approximate surface area is 115 Å². The monoisotopic (exact) mass is 264 g/mol. The van der Waals surface area contributed by atoms with Crippen molar-refractivity contribution >= 4 is 11.7 Å². The molecule has 0 aliphatic rings. The predicted octanol–water partition coefficient (Wildman–Crippen LogP) is 1.58. The smallest absolute Gasteiger partial charge is 0.253 e. The van der Waals surface area contributed by atoms with Crippen LogP contribution in [-0.2, 0) is 0 Å². The number of aromatic nitrogens is 1. The van der Waals surface area contributed by atoms with Gasteiger partial charge in [0, 0.05) is 25.3 Å². The average molecular weight is 264 g/mol. The van der Waals surface area contributed by atoms with E-state index in [1.54, 1.807) is 12.3 Å². The van der Waals surface area contributed by atoms with Crippen molar-refractivity contribution in [2.24, 2.45) is 0 Å². The summed E-state index contributed by atoms with van der Waals surface area (Å²) in [4.78, 5) is 18.2. The number of anilines is 1. The second kappa shape index (κ2) is 7.74. The van der Waals surface area contributed by atoms with E-state index in [4.69, 9.17) is 0 Å². The highest BCUT2D eigenvalue weighted by Gasteiger charge is 2.08. The molecule has 0 radical (unpaired) electrons. The molecule has 1 unspecified atom stereocenters. The molecule has 1 amide bonds. The van der Waals surface area contributed by atoms with Gasteiger partial charge in [-0.05, 0) is 39.6 Å². The van der Waals surface area contributed by atoms with Crippen molar-refractivity contribution in [3.05, 3.63) is 23.9 Å². The highest BCUT2D eigenvalue weighted by Crippen LogP contribution is 2.05. The number of rotatable bonds is 7. The standard InChI is InChI=1S/C14H24N4O/c1-5-11(2)17-14(19)12-6-7-13(16-10-12)15-8-9-18(3)4/h6-7,10-11H,5,8-9H2,1-4H3,(H,15,16)(H,17,19). The summed E-state index contributed by atoms with van der Waals surface area (Å²) in [5, 5.41) is 6.13. The molecule has 2 N–H and O–H groups in total. The van der Waals surface area contributed by atoms with Crippen molar-refractivity contribution in [3.8, 4) is 0 Å². The van der Waals surface area contributed by atoms with Gasteiger partial charge in [-0.15, -0.1) is 0 Å². The number of nitrogens with one attached hydrogen (secondary N) is 2. The number of pyridine rings is 1. The Morgan fingerprint density at radius 1 is 1.42 bits per heavy atom. The molecule has 106 valence electrons. The van der Waals surface area contributed by atoms with Gasteiger partial charge in [0.15, 0.2) is 0 Å². The molecule has 1 heterocycles. The van der Waals surface area contributed by atoms with Crippen molar-refractivity contribution in [1.82, 2.24) is 15.2 Å². The first kappa shape index (κ1) is 15.4. The average Bonchev–Trinajstić information content (AvgIpc) is 2.38. The third kappa shape index (κ3) is 5.70. The van der Waals surface area contributed by atoms with E-state index in [0.717, 1.165) is 25.3 Å². The van der Waals surface area contributed by atoms with Crippen LogP contribution in [0.15, 0.2) is 18.3 Å². The molecule has 0 spiro atoms. The first-order chi connectivity index (χ1) is 9.02. The molecule has 1 aromatic heterocycles. The third-order valence-electron chi connectivity index (χ3n) is 2.88. The minimum atomic E-state index is -0.0679. The van der Waals surface area contributed by atoms with Gasteiger partial charge in [0.1, 0.15) is 5.82 Å². The van der Waals surface area contributed by atoms with E-state index in [1.807, 2.05) is 34.0 Å². The fourth-order valence-electron chi connectivity index (χ4n) is 1.45. The van der Waals surface area contributed by atoms with E-state index >= 15 is 0 Å². The zero-order valence-corrected chi connectivity index (χ0v) is 12.2. The Morgan fingerprint density at radius 3 is 2.68 bits per heavy atom. The fourth-order valence-corrected chi connectivity index (χ4v) is 1.45. The molecular formula is C14H24N4O. The largest absolute Gasteiger partial charge is 0.369 e. The molecule has 19 heavy (non-hydrogen) atoms. The molecule has 1 atom stereocenters. The summed E-state index contributed by atoms with van der Waals surface area (Å²) in [6, 6.07) is 3.81. The van der Waals surface area contributed by atoms with Gasteiger partial charge in [-0.3, -0.25) is 4.79 Å². The Morgan fingerprint density at radius 2 is 2.16 bits per heavy atom. The lowest BCUT2D eigenvalue weighted by Crippen LogP contribution is -2.31. The van der Waals surface area contributed by atoms with Gasteiger partial charge in [0.25, 0.3) is 5.91 Å². The molecule has 0 saturated carbocycles. The van der Waals surface area contributed by atoms with Crippen LogP contribution >= 0.6 is 0 Å². The maximum Gasteiger partial charge on any atom is 0.253 e. The zero-order valence-electron chi connectivity index (χ0n) is 12.2. The molecule has 0 fully saturated rings. The first-order valence-corrected chi connectivity index (χ1v) is 6.68. The highest BCUT2D eigenvalue weighted by molar-refractivity contribution is 5.94. The van der Waals surface area contributed by atoms with Crippen LogP contribution in [0.3, 0.4) is 0 Å². The summed E-state index contributed by atoms with van der Waals surface area (Å²) in [7, 11) is 4.05. The molecule has 0 saturated heterocycles. The minimum Gasteiger partial charge on any atom is -0.369 e. The second-order valence-corrected chi connectivity index (χ2v) is 4.94. The Bertz CT molecular complexity index is 389. The van der Waals surface area contributed by atoms with Crippen LogP contribution in [-0.4, -0.2) is 49.0 Å². The van der Waals surface area contributed by atoms with Crippen molar-refractivity contribution in [2.75, 3.05) is 32.5 Å². The van der Waals surface area contributed by atoms with E-state index in [-0.39, 0.29) is 11.9 Å². The molecule has 5 heteroatoms. The summed E-state index contributed by atoms with van der Waals surface area (Å²) in [5.41, 5.74) is 0.596. The van der Waals surface area contributed by atoms with Gasteiger partial charge in [0.05, 0.1) is 5.56 Å². The molecule has 0 aromatic carbocycles. The van der Waals surface area contributed by atoms with Gasteiger partial charge in [-0.25, -0.2) is 4.98 Å². The van der Waals surface area contributed by atoms with E-state index in [2.05, 4.69) is 20.5 Å². The van der Waals surface area contributed by atoms with E-state index in [0.29, 0.717) is 5.56 Å². The molecular weight excluding hydrogens is 240 g/mol. The molecule has 0 bridgehead atoms. The maximum absolute atomic E-state index is 11.9. The molecule has 5 nitrogen and oxygen atoms in total. The van der Waals surface area contributed by atoms with Gasteiger partial charge >= 0.3 is 0 Å². The van der Waals surface area contributed by atoms with Crippen LogP contribution < -0.4 is 10.6 Å². The highest BCUT2D eigenvalue weighted by atomic mass is 16.1. The fraction of sp³-hybridized carbons (Fsp3) is 0.571. The number of likely N-dealkylation sites (N-methyl/N-ethyl adjacent to an activating group) is 1. The number of carbonyl (C=O) groups is 1. The summed E-state index contributed by atoms with van der Waals surface area (Å²) >= 11 is 0. The van der Waals surface area contributed by atoms with Crippen LogP contribution in [0, 0.1) is 0 Å². The summed E-state index contributed by atoms with van der Waals surface area (Å²) in [6.07, 6.45) is 2.53. The summed E-state index contributed by atoms with van der Waals surface area (Å²) in [6.45, 7) is 5.81. The van der Waals surface area contributed by atoms with Crippen molar-refractivity contribution in [2.45, 2.75) is 26.3 Å². The quantitative estimate of drug-likeness (QED) is 0.785. The topological polar surface area (TPSA) is 57.3 Å².